The lowest BCUT2D eigenvalue weighted by Gasteiger charge is -2.16. The first kappa shape index (κ1) is 19.2. The van der Waals surface area contributed by atoms with Crippen LogP contribution in [0.2, 0.25) is 0 Å². The third-order valence-corrected chi connectivity index (χ3v) is 6.62. The number of nitrogens with zero attached hydrogens (tertiary/aromatic N) is 5. The number of allylic oxidation sites excluding steroid dienone is 2. The molecular formula is C19H15N5O3S2. The molecule has 4 rings (SSSR count). The number of carbonyl (C=O) groups excluding carboxylic acids is 1. The van der Waals surface area contributed by atoms with Crippen molar-refractivity contribution in [1.82, 2.24) is 20.2 Å². The Morgan fingerprint density at radius 1 is 1.03 bits per heavy atom. The molecule has 10 heteroatoms. The van der Waals surface area contributed by atoms with E-state index < -0.39 is 10.0 Å². The Kier molecular flexibility index (Phi) is 4.89. The number of sulfonamides is 1. The molecular weight excluding hydrogens is 410 g/mol. The van der Waals surface area contributed by atoms with Crippen molar-refractivity contribution < 1.29 is 13.2 Å². The summed E-state index contributed by atoms with van der Waals surface area (Å²) in [5.74, 6) is -0.236. The van der Waals surface area contributed by atoms with E-state index in [0.29, 0.717) is 21.2 Å². The van der Waals surface area contributed by atoms with E-state index in [-0.39, 0.29) is 16.4 Å². The van der Waals surface area contributed by atoms with Gasteiger partial charge < -0.3 is 0 Å². The molecule has 0 atom stereocenters. The first-order chi connectivity index (χ1) is 13.8. The van der Waals surface area contributed by atoms with Crippen LogP contribution < -0.4 is 0 Å². The predicted octanol–water partition coefficient (Wildman–Crippen LogP) is 2.57. The molecule has 0 fully saturated rings. The summed E-state index contributed by atoms with van der Waals surface area (Å²) in [6, 6.07) is 13.2. The molecule has 0 bridgehead atoms. The smallest absolute Gasteiger partial charge is 0.282 e. The second kappa shape index (κ2) is 7.37. The number of Topliss-reactive ketones (excluding diaryl/α,β-unsaturated/α-hetero) is 1. The largest absolute Gasteiger partial charge is 0.288 e. The summed E-state index contributed by atoms with van der Waals surface area (Å²) >= 11 is 1.06. The number of rotatable bonds is 4. The molecule has 0 amide bonds. The Bertz CT molecular complexity index is 1280. The van der Waals surface area contributed by atoms with Crippen LogP contribution in [0.25, 0.3) is 0 Å². The minimum Gasteiger partial charge on any atom is -0.288 e. The van der Waals surface area contributed by atoms with Gasteiger partial charge in [0, 0.05) is 18.2 Å². The van der Waals surface area contributed by atoms with Gasteiger partial charge in [0.05, 0.1) is 15.5 Å². The molecule has 1 aliphatic carbocycles. The molecule has 0 N–H and O–H groups in total. The van der Waals surface area contributed by atoms with E-state index in [1.807, 2.05) is 6.92 Å². The summed E-state index contributed by atoms with van der Waals surface area (Å²) in [6.07, 6.45) is 1.47. The van der Waals surface area contributed by atoms with Gasteiger partial charge in [-0.1, -0.05) is 42.0 Å². The van der Waals surface area contributed by atoms with Crippen molar-refractivity contribution in [1.29, 1.82) is 0 Å². The Hall–Kier alpha value is -3.11. The molecule has 8 nitrogen and oxygen atoms in total. The Labute approximate surface area is 171 Å². The second-order valence-electron chi connectivity index (χ2n) is 6.34. The number of tetrazole rings is 1. The minimum atomic E-state index is -3.95. The van der Waals surface area contributed by atoms with Crippen LogP contribution in [0.3, 0.4) is 0 Å². The maximum atomic E-state index is 12.9. The van der Waals surface area contributed by atoms with E-state index in [9.17, 15) is 13.2 Å². The van der Waals surface area contributed by atoms with E-state index in [1.165, 1.54) is 22.9 Å². The zero-order chi connectivity index (χ0) is 20.6. The van der Waals surface area contributed by atoms with Gasteiger partial charge >= 0.3 is 0 Å². The van der Waals surface area contributed by atoms with Crippen LogP contribution in [0.15, 0.2) is 74.0 Å². The standard InChI is InChI=1S/C19H15N5O3S2/c1-12-7-9-13(10-8-12)29(26,27)21-16-11-17(28-19-20-22-23-24(19)2)18(25)15-6-4-3-5-14(15)16/h3-11H,1-2H3. The SMILES string of the molecule is Cc1ccc(S(=O)(=O)N=C2C=C(Sc3nnnn3C)C(=O)c3ccccc32)cc1. The van der Waals surface area contributed by atoms with Crippen molar-refractivity contribution in [3.63, 3.8) is 0 Å². The van der Waals surface area contributed by atoms with Crippen molar-refractivity contribution in [2.24, 2.45) is 11.4 Å². The minimum absolute atomic E-state index is 0.0880. The van der Waals surface area contributed by atoms with Gasteiger partial charge in [0.25, 0.3) is 10.0 Å². The molecule has 0 saturated heterocycles. The Balaban J connectivity index is 1.83. The van der Waals surface area contributed by atoms with Crippen molar-refractivity contribution in [2.45, 2.75) is 17.0 Å². The van der Waals surface area contributed by atoms with E-state index in [2.05, 4.69) is 19.9 Å². The van der Waals surface area contributed by atoms with Crippen LogP contribution >= 0.6 is 11.8 Å². The number of aryl methyl sites for hydroxylation is 2. The second-order valence-corrected chi connectivity index (χ2v) is 8.95. The fourth-order valence-electron chi connectivity index (χ4n) is 2.75. The third kappa shape index (κ3) is 3.76. The monoisotopic (exact) mass is 425 g/mol. The van der Waals surface area contributed by atoms with Crippen LogP contribution in [0.4, 0.5) is 0 Å². The lowest BCUT2D eigenvalue weighted by Crippen LogP contribution is -2.17. The fraction of sp³-hybridized carbons (Fsp3) is 0.105. The molecule has 0 radical (unpaired) electrons. The molecule has 0 saturated carbocycles. The van der Waals surface area contributed by atoms with E-state index in [4.69, 9.17) is 0 Å². The summed E-state index contributed by atoms with van der Waals surface area (Å²) in [4.78, 5) is 13.3. The van der Waals surface area contributed by atoms with Crippen LogP contribution in [-0.4, -0.2) is 40.1 Å². The molecule has 1 aliphatic rings. The number of benzene rings is 2. The third-order valence-electron chi connectivity index (χ3n) is 4.26. The fourth-order valence-corrected chi connectivity index (χ4v) is 4.57. The summed E-state index contributed by atoms with van der Waals surface area (Å²) < 4.78 is 31.1. The predicted molar refractivity (Wildman–Crippen MR) is 108 cm³/mol. The summed E-state index contributed by atoms with van der Waals surface area (Å²) in [5, 5.41) is 11.6. The lowest BCUT2D eigenvalue weighted by atomic mass is 9.94. The van der Waals surface area contributed by atoms with Gasteiger partial charge in [-0.2, -0.15) is 12.8 Å². The van der Waals surface area contributed by atoms with Gasteiger partial charge in [0.1, 0.15) is 0 Å². The first-order valence-electron chi connectivity index (χ1n) is 8.53. The van der Waals surface area contributed by atoms with Gasteiger partial charge in [-0.05, 0) is 47.3 Å². The van der Waals surface area contributed by atoms with E-state index >= 15 is 0 Å². The highest BCUT2D eigenvalue weighted by Crippen LogP contribution is 2.32. The van der Waals surface area contributed by atoms with E-state index in [1.54, 1.807) is 43.4 Å². The molecule has 29 heavy (non-hydrogen) atoms. The van der Waals surface area contributed by atoms with Crippen molar-refractivity contribution in [2.75, 3.05) is 0 Å². The molecule has 146 valence electrons. The zero-order valence-electron chi connectivity index (χ0n) is 15.5. The number of hydrogen-bond donors (Lipinski definition) is 0. The molecule has 0 unspecified atom stereocenters. The number of aromatic nitrogens is 4. The number of ketones is 1. The number of thioether (sulfide) groups is 1. The summed E-state index contributed by atoms with van der Waals surface area (Å²) in [6.45, 7) is 1.87. The molecule has 0 aliphatic heterocycles. The highest BCUT2D eigenvalue weighted by atomic mass is 32.2. The maximum Gasteiger partial charge on any atom is 0.282 e. The molecule has 2 aromatic carbocycles. The maximum absolute atomic E-state index is 12.9. The van der Waals surface area contributed by atoms with Crippen LogP contribution in [-0.2, 0) is 17.1 Å². The summed E-state index contributed by atoms with van der Waals surface area (Å²) in [7, 11) is -2.30. The van der Waals surface area contributed by atoms with Crippen molar-refractivity contribution in [3.8, 4) is 0 Å². The van der Waals surface area contributed by atoms with Gasteiger partial charge in [-0.3, -0.25) is 4.79 Å². The van der Waals surface area contributed by atoms with E-state index in [0.717, 1.165) is 17.3 Å². The van der Waals surface area contributed by atoms with Gasteiger partial charge in [0.2, 0.25) is 10.9 Å². The highest BCUT2D eigenvalue weighted by Gasteiger charge is 2.27. The zero-order valence-corrected chi connectivity index (χ0v) is 17.1. The number of fused-ring (bicyclic) bond motifs is 1. The first-order valence-corrected chi connectivity index (χ1v) is 10.8. The van der Waals surface area contributed by atoms with Crippen LogP contribution in [0.1, 0.15) is 21.5 Å². The molecule has 1 heterocycles. The lowest BCUT2D eigenvalue weighted by molar-refractivity contribution is 0.104. The average molecular weight is 425 g/mol. The summed E-state index contributed by atoms with van der Waals surface area (Å²) in [5.41, 5.74) is 1.98. The molecule has 1 aromatic heterocycles. The van der Waals surface area contributed by atoms with Gasteiger partial charge in [0.15, 0.2) is 0 Å². The van der Waals surface area contributed by atoms with Gasteiger partial charge in [-0.15, -0.1) is 5.10 Å². The van der Waals surface area contributed by atoms with Crippen molar-refractivity contribution >= 4 is 33.3 Å². The topological polar surface area (TPSA) is 107 Å². The normalized spacial score (nSPS) is 15.3. The van der Waals surface area contributed by atoms with Crippen LogP contribution in [0.5, 0.6) is 0 Å². The number of carbonyl (C=O) groups is 1. The number of hydrogen-bond acceptors (Lipinski definition) is 7. The van der Waals surface area contributed by atoms with Crippen molar-refractivity contribution in [3.05, 3.63) is 76.2 Å². The Morgan fingerprint density at radius 2 is 1.72 bits per heavy atom. The van der Waals surface area contributed by atoms with Crippen LogP contribution in [0, 0.1) is 6.92 Å². The molecule has 3 aromatic rings. The quantitative estimate of drug-likeness (QED) is 0.632. The average Bonchev–Trinajstić information content (AvgIpc) is 3.10. The Morgan fingerprint density at radius 3 is 2.38 bits per heavy atom. The molecule has 0 spiro atoms. The van der Waals surface area contributed by atoms with Gasteiger partial charge in [-0.25, -0.2) is 4.68 Å². The highest BCUT2D eigenvalue weighted by molar-refractivity contribution is 8.04.